The van der Waals surface area contributed by atoms with Gasteiger partial charge in [0.2, 0.25) is 0 Å². The van der Waals surface area contributed by atoms with Gasteiger partial charge in [0, 0.05) is 0 Å². The fourth-order valence-corrected chi connectivity index (χ4v) is 0. The molecule has 0 aromatic rings. The van der Waals surface area contributed by atoms with Crippen molar-refractivity contribution in [3.05, 3.63) is 0 Å². The summed E-state index contributed by atoms with van der Waals surface area (Å²) in [6, 6.07) is 0. The van der Waals surface area contributed by atoms with Crippen LogP contribution in [0, 0.1) is 0 Å². The molecule has 6 nitrogen and oxygen atoms in total. The van der Waals surface area contributed by atoms with Crippen molar-refractivity contribution in [2.45, 2.75) is 0 Å². The van der Waals surface area contributed by atoms with Crippen molar-refractivity contribution in [2.75, 3.05) is 0 Å². The third-order valence-corrected chi connectivity index (χ3v) is 0. The molecule has 13 heteroatoms. The molecule has 0 aromatic carbocycles. The number of rotatable bonds is 0. The molecule has 0 heterocycles. The molecule has 0 aliphatic rings. The summed E-state index contributed by atoms with van der Waals surface area (Å²) >= 11 is 6.54. The summed E-state index contributed by atoms with van der Waals surface area (Å²) < 4.78 is 0. The van der Waals surface area contributed by atoms with Gasteiger partial charge in [-0.05, 0) is 0 Å². The largest absolute Gasteiger partial charge is 2.00 e. The predicted molar refractivity (Wildman–Crippen MR) is 45.8 cm³/mol. The van der Waals surface area contributed by atoms with Gasteiger partial charge in [0.1, 0.15) is 0 Å². The molecule has 0 aliphatic heterocycles. The monoisotopic (exact) mass is 846 g/mol. The topological polar surface area (TPSA) is 138 Å². The summed E-state index contributed by atoms with van der Waals surface area (Å²) in [5.41, 5.74) is 0. The standard InChI is InChI=1S/2H3O3PS.3Pb/c2*1-4(2,3)5;;;/h2*(H3,1,2,3,5);;;/q;;3*+2/p-6. The van der Waals surface area contributed by atoms with E-state index in [0.29, 0.717) is 0 Å². The third kappa shape index (κ3) is 207. The molecule has 70 valence electrons. The van der Waals surface area contributed by atoms with E-state index in [4.69, 9.17) is 29.4 Å². The zero-order valence-corrected chi connectivity index (χ0v) is 20.7. The molecule has 0 aromatic heterocycles. The molecule has 0 saturated carbocycles. The maximum absolute atomic E-state index is 8.92. The van der Waals surface area contributed by atoms with E-state index in [-0.39, 0.29) is 81.9 Å². The van der Waals surface area contributed by atoms with Crippen LogP contribution in [0.25, 0.3) is 0 Å². The Morgan fingerprint density at radius 1 is 0.538 bits per heavy atom. The molecular formula is O6P2Pb3S2. The van der Waals surface area contributed by atoms with Crippen LogP contribution in [0.1, 0.15) is 0 Å². The quantitative estimate of drug-likeness (QED) is 0.174. The first-order valence-electron chi connectivity index (χ1n) is 1.46. The van der Waals surface area contributed by atoms with Gasteiger partial charge in [0.25, 0.3) is 0 Å². The molecule has 0 atom stereocenters. The minimum absolute atomic E-state index is 0. The van der Waals surface area contributed by atoms with E-state index in [1.165, 1.54) is 0 Å². The molecule has 13 heavy (non-hydrogen) atoms. The van der Waals surface area contributed by atoms with Gasteiger partial charge in [0.05, 0.1) is 0 Å². The minimum Gasteiger partial charge on any atom is -0.844 e. The van der Waals surface area contributed by atoms with E-state index in [9.17, 15) is 0 Å². The molecule has 0 bridgehead atoms. The van der Waals surface area contributed by atoms with Crippen molar-refractivity contribution in [3.63, 3.8) is 0 Å². The van der Waals surface area contributed by atoms with E-state index < -0.39 is 13.4 Å². The second-order valence-electron chi connectivity index (χ2n) is 0.894. The minimum atomic E-state index is -4.56. The van der Waals surface area contributed by atoms with Crippen molar-refractivity contribution in [2.24, 2.45) is 0 Å². The maximum Gasteiger partial charge on any atom is 2.00 e. The Hall–Kier alpha value is 3.83. The number of hydrogen-bond acceptors (Lipinski definition) is 8. The van der Waals surface area contributed by atoms with Gasteiger partial charge in [-0.2, -0.15) is 23.6 Å². The maximum atomic E-state index is 8.92. The Bertz CT molecular complexity index is 136. The fourth-order valence-electron chi connectivity index (χ4n) is 0. The molecule has 0 saturated heterocycles. The Balaban J connectivity index is -0.0000000267. The molecule has 0 N–H and O–H groups in total. The van der Waals surface area contributed by atoms with Crippen LogP contribution in [0.5, 0.6) is 0 Å². The first kappa shape index (κ1) is 30.1. The molecule has 0 spiro atoms. The second-order valence-corrected chi connectivity index (χ2v) is 5.37. The Kier molecular flexibility index (Phi) is 32.2. The average Bonchev–Trinajstić information content (AvgIpc) is 1.12. The van der Waals surface area contributed by atoms with E-state index in [1.807, 2.05) is 0 Å². The number of hydrogen-bond donors (Lipinski definition) is 0. The van der Waals surface area contributed by atoms with Crippen LogP contribution < -0.4 is 29.4 Å². The van der Waals surface area contributed by atoms with Crippen LogP contribution >= 0.6 is 13.4 Å². The van der Waals surface area contributed by atoms with Crippen LogP contribution in [0.15, 0.2) is 0 Å². The van der Waals surface area contributed by atoms with Crippen LogP contribution in [-0.4, -0.2) is 81.9 Å². The summed E-state index contributed by atoms with van der Waals surface area (Å²) in [5, 5.41) is 0. The van der Waals surface area contributed by atoms with Gasteiger partial charge in [-0.15, -0.1) is 0 Å². The van der Waals surface area contributed by atoms with Gasteiger partial charge in [-0.25, -0.2) is 0 Å². The summed E-state index contributed by atoms with van der Waals surface area (Å²) in [6.07, 6.45) is 0. The normalized spacial score (nSPS) is 9.08. The van der Waals surface area contributed by atoms with E-state index >= 15 is 0 Å². The molecule has 0 amide bonds. The molecule has 0 fully saturated rings. The second kappa shape index (κ2) is 13.9. The zero-order chi connectivity index (χ0) is 9.00. The smallest absolute Gasteiger partial charge is 0.844 e. The Morgan fingerprint density at radius 2 is 0.538 bits per heavy atom. The van der Waals surface area contributed by atoms with E-state index in [2.05, 4.69) is 23.6 Å². The molecule has 0 aliphatic carbocycles. The first-order valence-corrected chi connectivity index (χ1v) is 6.57. The van der Waals surface area contributed by atoms with Crippen LogP contribution in [0.3, 0.4) is 0 Å². The van der Waals surface area contributed by atoms with Gasteiger partial charge < -0.3 is 42.8 Å². The SMILES string of the molecule is [O-]P([O-])([O-])=S.[O-]P([O-])([O-])=S.[Pb+2].[Pb+2].[Pb+2]. The molecule has 0 unspecified atom stereocenters. The van der Waals surface area contributed by atoms with Crippen LogP contribution in [0.2, 0.25) is 0 Å². The van der Waals surface area contributed by atoms with Crippen molar-refractivity contribution in [3.8, 4) is 0 Å². The third-order valence-electron chi connectivity index (χ3n) is 0. The van der Waals surface area contributed by atoms with Gasteiger partial charge in [0.15, 0.2) is 0 Å². The molecule has 6 radical (unpaired) electrons. The summed E-state index contributed by atoms with van der Waals surface area (Å²) in [6.45, 7) is -9.11. The fraction of sp³-hybridized carbons (Fsp3) is 0. The van der Waals surface area contributed by atoms with Crippen molar-refractivity contribution in [1.29, 1.82) is 0 Å². The summed E-state index contributed by atoms with van der Waals surface area (Å²) in [7, 11) is 0. The average molecular weight is 844 g/mol. The van der Waals surface area contributed by atoms with Crippen LogP contribution in [0.4, 0.5) is 0 Å². The van der Waals surface area contributed by atoms with Crippen LogP contribution in [-0.2, 0) is 23.6 Å². The summed E-state index contributed by atoms with van der Waals surface area (Å²) in [5.74, 6) is 0. The van der Waals surface area contributed by atoms with Gasteiger partial charge in [-0.3, -0.25) is 0 Å². The predicted octanol–water partition coefficient (Wildman–Crippen LogP) is -6.56. The van der Waals surface area contributed by atoms with Crippen molar-refractivity contribution < 1.29 is 29.4 Å². The summed E-state index contributed by atoms with van der Waals surface area (Å²) in [4.78, 5) is 53.5. The van der Waals surface area contributed by atoms with E-state index in [0.717, 1.165) is 0 Å². The van der Waals surface area contributed by atoms with Gasteiger partial charge >= 0.3 is 81.9 Å². The molecule has 0 rings (SSSR count). The van der Waals surface area contributed by atoms with Crippen molar-refractivity contribution >= 4 is 119 Å². The molecular weight excluding hydrogens is 844 g/mol. The zero-order valence-electron chi connectivity index (χ0n) is 5.66. The van der Waals surface area contributed by atoms with Crippen molar-refractivity contribution in [1.82, 2.24) is 0 Å². The van der Waals surface area contributed by atoms with Gasteiger partial charge in [-0.1, -0.05) is 0 Å². The van der Waals surface area contributed by atoms with E-state index in [1.54, 1.807) is 0 Å². The Morgan fingerprint density at radius 3 is 0.538 bits per heavy atom. The Labute approximate surface area is 146 Å². The first-order chi connectivity index (χ1) is 4.00.